The average Bonchev–Trinajstić information content (AvgIpc) is 2.86. The number of benzene rings is 1. The van der Waals surface area contributed by atoms with E-state index in [0.29, 0.717) is 5.92 Å². The Labute approximate surface area is 112 Å². The Morgan fingerprint density at radius 3 is 2.84 bits per heavy atom. The van der Waals surface area contributed by atoms with Crippen molar-refractivity contribution in [3.05, 3.63) is 35.6 Å². The number of amides is 1. The first-order chi connectivity index (χ1) is 9.24. The smallest absolute Gasteiger partial charge is 0.254 e. The molecule has 1 saturated heterocycles. The molecule has 1 amide bonds. The van der Waals surface area contributed by atoms with Crippen molar-refractivity contribution in [1.82, 2.24) is 10.6 Å². The number of carbonyl (C=O) groups is 1. The molecule has 4 heteroatoms. The molecule has 1 saturated carbocycles. The lowest BCUT2D eigenvalue weighted by Gasteiger charge is -2.31. The monoisotopic (exact) mass is 262 g/mol. The van der Waals surface area contributed by atoms with Crippen molar-refractivity contribution in [2.24, 2.45) is 11.8 Å². The van der Waals surface area contributed by atoms with Gasteiger partial charge in [0, 0.05) is 6.04 Å². The summed E-state index contributed by atoms with van der Waals surface area (Å²) in [5.74, 6) is 0.699. The van der Waals surface area contributed by atoms with Crippen LogP contribution in [0.2, 0.25) is 0 Å². The summed E-state index contributed by atoms with van der Waals surface area (Å²) in [6, 6.07) is 6.34. The molecule has 1 heterocycles. The molecule has 102 valence electrons. The molecule has 1 unspecified atom stereocenters. The van der Waals surface area contributed by atoms with Crippen LogP contribution in [0.1, 0.15) is 29.6 Å². The summed E-state index contributed by atoms with van der Waals surface area (Å²) in [6.07, 6.45) is 3.17. The predicted octanol–water partition coefficient (Wildman–Crippen LogP) is 1.94. The van der Waals surface area contributed by atoms with E-state index in [1.165, 1.54) is 12.1 Å². The van der Waals surface area contributed by atoms with Crippen molar-refractivity contribution >= 4 is 5.91 Å². The van der Waals surface area contributed by atoms with Gasteiger partial charge in [0.15, 0.2) is 0 Å². The normalized spacial score (nSPS) is 29.8. The molecule has 3 nitrogen and oxygen atoms in total. The third-order valence-electron chi connectivity index (χ3n) is 4.41. The minimum atomic E-state index is -0.448. The summed E-state index contributed by atoms with van der Waals surface area (Å²) in [6.45, 7) is 2.16. The van der Waals surface area contributed by atoms with E-state index < -0.39 is 5.82 Å². The molecule has 1 aliphatic heterocycles. The fourth-order valence-electron chi connectivity index (χ4n) is 3.34. The Bertz CT molecular complexity index is 477. The number of hydrogen-bond acceptors (Lipinski definition) is 2. The van der Waals surface area contributed by atoms with Crippen LogP contribution in [0.4, 0.5) is 4.39 Å². The van der Waals surface area contributed by atoms with Crippen molar-refractivity contribution in [2.75, 3.05) is 13.1 Å². The second-order valence-corrected chi connectivity index (χ2v) is 5.64. The first kappa shape index (κ1) is 12.6. The third kappa shape index (κ3) is 2.63. The van der Waals surface area contributed by atoms with Crippen LogP contribution < -0.4 is 10.6 Å². The Morgan fingerprint density at radius 2 is 2.00 bits per heavy atom. The first-order valence-corrected chi connectivity index (χ1v) is 7.00. The van der Waals surface area contributed by atoms with Gasteiger partial charge in [-0.1, -0.05) is 12.1 Å². The maximum Gasteiger partial charge on any atom is 0.254 e. The van der Waals surface area contributed by atoms with Crippen LogP contribution in [0.25, 0.3) is 0 Å². The zero-order valence-electron chi connectivity index (χ0n) is 10.9. The SMILES string of the molecule is O=C(NC1CC[C@H]2CNC[C@H]2C1)c1ccccc1F. The van der Waals surface area contributed by atoms with Gasteiger partial charge in [0.25, 0.3) is 5.91 Å². The minimum absolute atomic E-state index is 0.147. The molecule has 1 aromatic rings. The maximum atomic E-state index is 13.5. The Morgan fingerprint density at radius 1 is 1.21 bits per heavy atom. The molecule has 0 spiro atoms. The number of nitrogens with one attached hydrogen (secondary N) is 2. The number of rotatable bonds is 2. The topological polar surface area (TPSA) is 41.1 Å². The molecule has 3 atom stereocenters. The lowest BCUT2D eigenvalue weighted by molar-refractivity contribution is 0.0909. The molecule has 1 aromatic carbocycles. The van der Waals surface area contributed by atoms with Crippen LogP contribution in [0.15, 0.2) is 24.3 Å². The van der Waals surface area contributed by atoms with Crippen LogP contribution >= 0.6 is 0 Å². The minimum Gasteiger partial charge on any atom is -0.349 e. The quantitative estimate of drug-likeness (QED) is 0.855. The van der Waals surface area contributed by atoms with Crippen LogP contribution in [0, 0.1) is 17.7 Å². The van der Waals surface area contributed by atoms with Gasteiger partial charge in [-0.05, 0) is 56.3 Å². The van der Waals surface area contributed by atoms with E-state index in [-0.39, 0.29) is 17.5 Å². The van der Waals surface area contributed by atoms with Crippen LogP contribution in [0.5, 0.6) is 0 Å². The van der Waals surface area contributed by atoms with E-state index in [9.17, 15) is 9.18 Å². The number of halogens is 1. The van der Waals surface area contributed by atoms with Gasteiger partial charge in [-0.2, -0.15) is 0 Å². The van der Waals surface area contributed by atoms with E-state index in [2.05, 4.69) is 10.6 Å². The van der Waals surface area contributed by atoms with Crippen LogP contribution in [0.3, 0.4) is 0 Å². The van der Waals surface area contributed by atoms with Gasteiger partial charge in [0.2, 0.25) is 0 Å². The highest BCUT2D eigenvalue weighted by Gasteiger charge is 2.34. The molecular formula is C15H19FN2O. The summed E-state index contributed by atoms with van der Waals surface area (Å²) < 4.78 is 13.5. The molecular weight excluding hydrogens is 243 g/mol. The third-order valence-corrected chi connectivity index (χ3v) is 4.41. The van der Waals surface area contributed by atoms with Crippen LogP contribution in [-0.2, 0) is 0 Å². The van der Waals surface area contributed by atoms with Gasteiger partial charge < -0.3 is 10.6 Å². The van der Waals surface area contributed by atoms with Crippen molar-refractivity contribution < 1.29 is 9.18 Å². The highest BCUT2D eigenvalue weighted by molar-refractivity contribution is 5.94. The molecule has 1 aliphatic carbocycles. The maximum absolute atomic E-state index is 13.5. The van der Waals surface area contributed by atoms with E-state index in [4.69, 9.17) is 0 Å². The highest BCUT2D eigenvalue weighted by Crippen LogP contribution is 2.32. The molecule has 0 aromatic heterocycles. The summed E-state index contributed by atoms with van der Waals surface area (Å²) >= 11 is 0. The van der Waals surface area contributed by atoms with Gasteiger partial charge in [-0.15, -0.1) is 0 Å². The second-order valence-electron chi connectivity index (χ2n) is 5.64. The number of fused-ring (bicyclic) bond motifs is 1. The standard InChI is InChI=1S/C15H19FN2O/c16-14-4-2-1-3-13(14)15(19)18-12-6-5-10-8-17-9-11(10)7-12/h1-4,10-12,17H,5-9H2,(H,18,19)/t10-,11+,12?/m0/s1. The Hall–Kier alpha value is -1.42. The van der Waals surface area contributed by atoms with Crippen molar-refractivity contribution in [1.29, 1.82) is 0 Å². The van der Waals surface area contributed by atoms with Crippen molar-refractivity contribution in [3.63, 3.8) is 0 Å². The average molecular weight is 262 g/mol. The Balaban J connectivity index is 1.62. The van der Waals surface area contributed by atoms with E-state index in [1.807, 2.05) is 0 Å². The summed E-state index contributed by atoms with van der Waals surface area (Å²) in [5, 5.41) is 6.39. The van der Waals surface area contributed by atoms with Gasteiger partial charge in [-0.25, -0.2) is 4.39 Å². The van der Waals surface area contributed by atoms with Crippen molar-refractivity contribution in [2.45, 2.75) is 25.3 Å². The lowest BCUT2D eigenvalue weighted by Crippen LogP contribution is -2.40. The molecule has 0 radical (unpaired) electrons. The summed E-state index contributed by atoms with van der Waals surface area (Å²) in [4.78, 5) is 12.1. The zero-order valence-corrected chi connectivity index (χ0v) is 10.9. The fraction of sp³-hybridized carbons (Fsp3) is 0.533. The molecule has 2 N–H and O–H groups in total. The molecule has 0 bridgehead atoms. The fourth-order valence-corrected chi connectivity index (χ4v) is 3.34. The molecule has 19 heavy (non-hydrogen) atoms. The molecule has 3 rings (SSSR count). The van der Waals surface area contributed by atoms with Gasteiger partial charge in [0.05, 0.1) is 5.56 Å². The number of carbonyl (C=O) groups excluding carboxylic acids is 1. The molecule has 2 aliphatic rings. The second kappa shape index (κ2) is 5.29. The van der Waals surface area contributed by atoms with Gasteiger partial charge >= 0.3 is 0 Å². The largest absolute Gasteiger partial charge is 0.349 e. The number of hydrogen-bond donors (Lipinski definition) is 2. The van der Waals surface area contributed by atoms with E-state index >= 15 is 0 Å². The first-order valence-electron chi connectivity index (χ1n) is 7.00. The molecule has 2 fully saturated rings. The van der Waals surface area contributed by atoms with Crippen molar-refractivity contribution in [3.8, 4) is 0 Å². The summed E-state index contributed by atoms with van der Waals surface area (Å²) in [5.41, 5.74) is 0.147. The lowest BCUT2D eigenvalue weighted by atomic mass is 9.79. The van der Waals surface area contributed by atoms with Gasteiger partial charge in [-0.3, -0.25) is 4.79 Å². The zero-order chi connectivity index (χ0) is 13.2. The van der Waals surface area contributed by atoms with Crippen LogP contribution in [-0.4, -0.2) is 25.0 Å². The predicted molar refractivity (Wildman–Crippen MR) is 71.4 cm³/mol. The highest BCUT2D eigenvalue weighted by atomic mass is 19.1. The summed E-state index contributed by atoms with van der Waals surface area (Å²) in [7, 11) is 0. The van der Waals surface area contributed by atoms with Gasteiger partial charge in [0.1, 0.15) is 5.82 Å². The van der Waals surface area contributed by atoms with E-state index in [1.54, 1.807) is 12.1 Å². The Kier molecular flexibility index (Phi) is 3.51. The van der Waals surface area contributed by atoms with E-state index in [0.717, 1.165) is 38.3 Å².